The van der Waals surface area contributed by atoms with E-state index in [0.717, 1.165) is 37.8 Å². The van der Waals surface area contributed by atoms with Crippen LogP contribution in [0.2, 0.25) is 0 Å². The Morgan fingerprint density at radius 2 is 1.65 bits per heavy atom. The highest BCUT2D eigenvalue weighted by molar-refractivity contribution is 5.94. The third-order valence-corrected chi connectivity index (χ3v) is 5.78. The van der Waals surface area contributed by atoms with Gasteiger partial charge in [-0.05, 0) is 31.0 Å². The lowest BCUT2D eigenvalue weighted by Gasteiger charge is -2.35. The normalized spacial score (nSPS) is 17.9. The SMILES string of the molecule is O=C(c1nnn(-c2cccc(F)c2)c1C(F)(F)F)N1CCN(C(=O)C2CCCC2)CC1. The number of amides is 2. The van der Waals surface area contributed by atoms with Gasteiger partial charge >= 0.3 is 6.18 Å². The fourth-order valence-electron chi connectivity index (χ4n) is 4.18. The van der Waals surface area contributed by atoms with Crippen LogP contribution in [0.1, 0.15) is 41.9 Å². The standard InChI is InChI=1S/C20H21F4N5O2/c21-14-6-3-7-15(12-14)29-17(20(22,23)24)16(25-26-29)19(31)28-10-8-27(9-11-28)18(30)13-4-1-2-5-13/h3,6-7,12-13H,1-2,4-5,8-11H2. The summed E-state index contributed by atoms with van der Waals surface area (Å²) in [5.74, 6) is -1.59. The smallest absolute Gasteiger partial charge is 0.339 e. The van der Waals surface area contributed by atoms with Gasteiger partial charge in [0.2, 0.25) is 5.91 Å². The molecule has 7 nitrogen and oxygen atoms in total. The molecule has 0 spiro atoms. The molecule has 1 aliphatic heterocycles. The van der Waals surface area contributed by atoms with Crippen LogP contribution in [0.15, 0.2) is 24.3 Å². The van der Waals surface area contributed by atoms with Crippen LogP contribution in [0.4, 0.5) is 17.6 Å². The van der Waals surface area contributed by atoms with E-state index in [1.54, 1.807) is 4.90 Å². The van der Waals surface area contributed by atoms with E-state index in [9.17, 15) is 27.2 Å². The highest BCUT2D eigenvalue weighted by atomic mass is 19.4. The molecule has 0 unspecified atom stereocenters. The molecule has 1 saturated heterocycles. The summed E-state index contributed by atoms with van der Waals surface area (Å²) in [6.45, 7) is 0.754. The highest BCUT2D eigenvalue weighted by Crippen LogP contribution is 2.33. The molecule has 1 aromatic carbocycles. The third-order valence-electron chi connectivity index (χ3n) is 5.78. The van der Waals surface area contributed by atoms with Crippen LogP contribution in [0, 0.1) is 11.7 Å². The molecule has 4 rings (SSSR count). The molecular weight excluding hydrogens is 418 g/mol. The maximum absolute atomic E-state index is 13.8. The van der Waals surface area contributed by atoms with Crippen molar-refractivity contribution in [3.8, 4) is 5.69 Å². The van der Waals surface area contributed by atoms with E-state index >= 15 is 0 Å². The van der Waals surface area contributed by atoms with Gasteiger partial charge in [-0.2, -0.15) is 13.2 Å². The first-order valence-corrected chi connectivity index (χ1v) is 10.1. The van der Waals surface area contributed by atoms with Gasteiger partial charge in [-0.3, -0.25) is 9.59 Å². The zero-order valence-corrected chi connectivity index (χ0v) is 16.6. The van der Waals surface area contributed by atoms with Gasteiger partial charge in [0.25, 0.3) is 5.91 Å². The van der Waals surface area contributed by atoms with Gasteiger partial charge in [0.05, 0.1) is 5.69 Å². The fourth-order valence-corrected chi connectivity index (χ4v) is 4.18. The van der Waals surface area contributed by atoms with Crippen molar-refractivity contribution < 1.29 is 27.2 Å². The maximum atomic E-state index is 13.8. The number of hydrogen-bond acceptors (Lipinski definition) is 4. The number of carbonyl (C=O) groups excluding carboxylic acids is 2. The summed E-state index contributed by atoms with van der Waals surface area (Å²) in [5, 5.41) is 6.95. The lowest BCUT2D eigenvalue weighted by atomic mass is 10.1. The van der Waals surface area contributed by atoms with Gasteiger partial charge in [0, 0.05) is 32.1 Å². The number of carbonyl (C=O) groups is 2. The Kier molecular flexibility index (Phi) is 5.67. The molecule has 1 aliphatic carbocycles. The summed E-state index contributed by atoms with van der Waals surface area (Å²) >= 11 is 0. The molecule has 2 aromatic rings. The minimum Gasteiger partial charge on any atom is -0.339 e. The molecule has 166 valence electrons. The molecule has 0 bridgehead atoms. The summed E-state index contributed by atoms with van der Waals surface area (Å²) in [5.41, 5.74) is -2.38. The molecule has 0 N–H and O–H groups in total. The van der Waals surface area contributed by atoms with E-state index in [1.165, 1.54) is 17.0 Å². The first-order valence-electron chi connectivity index (χ1n) is 10.1. The number of rotatable bonds is 3. The van der Waals surface area contributed by atoms with Crippen LogP contribution in [-0.2, 0) is 11.0 Å². The van der Waals surface area contributed by atoms with Crippen LogP contribution in [0.5, 0.6) is 0 Å². The molecule has 11 heteroatoms. The topological polar surface area (TPSA) is 71.3 Å². The van der Waals surface area contributed by atoms with E-state index in [0.29, 0.717) is 4.68 Å². The summed E-state index contributed by atoms with van der Waals surface area (Å²) < 4.78 is 55.3. The Labute approximate surface area is 175 Å². The minimum atomic E-state index is -4.93. The van der Waals surface area contributed by atoms with Crippen molar-refractivity contribution in [3.63, 3.8) is 0 Å². The number of benzene rings is 1. The summed E-state index contributed by atoms with van der Waals surface area (Å²) in [4.78, 5) is 28.3. The molecule has 2 amide bonds. The second-order valence-electron chi connectivity index (χ2n) is 7.77. The molecular formula is C20H21F4N5O2. The molecule has 2 fully saturated rings. The van der Waals surface area contributed by atoms with E-state index in [1.807, 2.05) is 0 Å². The van der Waals surface area contributed by atoms with Crippen molar-refractivity contribution in [2.24, 2.45) is 5.92 Å². The lowest BCUT2D eigenvalue weighted by molar-refractivity contribution is -0.143. The van der Waals surface area contributed by atoms with E-state index in [-0.39, 0.29) is 43.7 Å². The average Bonchev–Trinajstić information content (AvgIpc) is 3.43. The van der Waals surface area contributed by atoms with Gasteiger partial charge in [0.1, 0.15) is 5.82 Å². The van der Waals surface area contributed by atoms with Crippen LogP contribution >= 0.6 is 0 Å². The first-order chi connectivity index (χ1) is 14.8. The van der Waals surface area contributed by atoms with Crippen molar-refractivity contribution in [2.75, 3.05) is 26.2 Å². The van der Waals surface area contributed by atoms with Crippen molar-refractivity contribution >= 4 is 11.8 Å². The number of halogens is 4. The Hall–Kier alpha value is -2.98. The first kappa shape index (κ1) is 21.3. The number of alkyl halides is 3. The quantitative estimate of drug-likeness (QED) is 0.690. The van der Waals surface area contributed by atoms with Crippen molar-refractivity contribution in [3.05, 3.63) is 41.5 Å². The van der Waals surface area contributed by atoms with E-state index in [2.05, 4.69) is 10.3 Å². The zero-order chi connectivity index (χ0) is 22.2. The summed E-state index contributed by atoms with van der Waals surface area (Å²) in [7, 11) is 0. The lowest BCUT2D eigenvalue weighted by Crippen LogP contribution is -2.52. The van der Waals surface area contributed by atoms with Crippen LogP contribution in [0.3, 0.4) is 0 Å². The molecule has 1 saturated carbocycles. The Balaban J connectivity index is 1.53. The predicted molar refractivity (Wildman–Crippen MR) is 101 cm³/mol. The van der Waals surface area contributed by atoms with Crippen LogP contribution in [0.25, 0.3) is 5.69 Å². The second kappa shape index (κ2) is 8.27. The number of hydrogen-bond donors (Lipinski definition) is 0. The van der Waals surface area contributed by atoms with Gasteiger partial charge in [-0.1, -0.05) is 24.1 Å². The van der Waals surface area contributed by atoms with Gasteiger partial charge in [-0.25, -0.2) is 9.07 Å². The average molecular weight is 439 g/mol. The van der Waals surface area contributed by atoms with Crippen molar-refractivity contribution in [1.82, 2.24) is 24.8 Å². The monoisotopic (exact) mass is 439 g/mol. The fraction of sp³-hybridized carbons (Fsp3) is 0.500. The largest absolute Gasteiger partial charge is 0.435 e. The predicted octanol–water partition coefficient (Wildman–Crippen LogP) is 2.90. The highest BCUT2D eigenvalue weighted by Gasteiger charge is 2.43. The zero-order valence-electron chi connectivity index (χ0n) is 16.6. The number of piperazine rings is 1. The van der Waals surface area contributed by atoms with Crippen molar-refractivity contribution in [2.45, 2.75) is 31.9 Å². The number of nitrogens with zero attached hydrogens (tertiary/aromatic N) is 5. The van der Waals surface area contributed by atoms with Crippen LogP contribution < -0.4 is 0 Å². The van der Waals surface area contributed by atoms with E-state index in [4.69, 9.17) is 0 Å². The number of aromatic nitrogens is 3. The Morgan fingerprint density at radius 3 is 2.26 bits per heavy atom. The summed E-state index contributed by atoms with van der Waals surface area (Å²) in [6.07, 6.45) is -1.17. The molecule has 2 heterocycles. The molecule has 31 heavy (non-hydrogen) atoms. The van der Waals surface area contributed by atoms with Gasteiger partial charge in [-0.15, -0.1) is 5.10 Å². The molecule has 0 atom stereocenters. The van der Waals surface area contributed by atoms with Gasteiger partial charge < -0.3 is 9.80 Å². The van der Waals surface area contributed by atoms with Crippen molar-refractivity contribution in [1.29, 1.82) is 0 Å². The summed E-state index contributed by atoms with van der Waals surface area (Å²) in [6, 6.07) is 4.46. The third kappa shape index (κ3) is 4.26. The molecule has 2 aliphatic rings. The Bertz CT molecular complexity index is 976. The second-order valence-corrected chi connectivity index (χ2v) is 7.77. The Morgan fingerprint density at radius 1 is 1.00 bits per heavy atom. The minimum absolute atomic E-state index is 0.00486. The molecule has 0 radical (unpaired) electrons. The van der Waals surface area contributed by atoms with Crippen LogP contribution in [-0.4, -0.2) is 62.8 Å². The van der Waals surface area contributed by atoms with E-state index < -0.39 is 29.3 Å². The maximum Gasteiger partial charge on any atom is 0.435 e. The molecule has 1 aromatic heterocycles. The van der Waals surface area contributed by atoms with Gasteiger partial charge in [0.15, 0.2) is 11.4 Å².